The topological polar surface area (TPSA) is 44.4 Å². The fourth-order valence-corrected chi connectivity index (χ4v) is 2.93. The van der Waals surface area contributed by atoms with Crippen LogP contribution in [0.25, 0.3) is 0 Å². The van der Waals surface area contributed by atoms with E-state index in [2.05, 4.69) is 15.8 Å². The molecule has 0 spiro atoms. The Balaban J connectivity index is 1.69. The predicted molar refractivity (Wildman–Crippen MR) is 73.0 cm³/mol. The summed E-state index contributed by atoms with van der Waals surface area (Å²) in [5.41, 5.74) is 3.33. The molecule has 4 heteroatoms. The van der Waals surface area contributed by atoms with Crippen LogP contribution in [0.3, 0.4) is 0 Å². The van der Waals surface area contributed by atoms with Gasteiger partial charge in [-0.15, -0.1) is 0 Å². The lowest BCUT2D eigenvalue weighted by Crippen LogP contribution is -2.53. The van der Waals surface area contributed by atoms with Crippen molar-refractivity contribution >= 4 is 5.91 Å². The van der Waals surface area contributed by atoms with Gasteiger partial charge in [0.25, 0.3) is 0 Å². The Morgan fingerprint density at radius 1 is 1.06 bits per heavy atom. The van der Waals surface area contributed by atoms with Crippen molar-refractivity contribution in [2.45, 2.75) is 70.4 Å². The minimum atomic E-state index is -0.106. The van der Waals surface area contributed by atoms with Crippen LogP contribution >= 0.6 is 0 Å². The number of carbonyl (C=O) groups is 1. The Labute approximate surface area is 110 Å². The molecule has 0 bridgehead atoms. The fraction of sp³-hybridized carbons (Fsp3) is 0.929. The summed E-state index contributed by atoms with van der Waals surface area (Å²) in [6.45, 7) is 4.11. The smallest absolute Gasteiger partial charge is 0.238 e. The van der Waals surface area contributed by atoms with E-state index in [4.69, 9.17) is 0 Å². The van der Waals surface area contributed by atoms with Crippen molar-refractivity contribution in [3.05, 3.63) is 0 Å². The summed E-state index contributed by atoms with van der Waals surface area (Å²) in [5.74, 6) is 0.160. The molecule has 2 aliphatic rings. The van der Waals surface area contributed by atoms with Crippen LogP contribution in [0.1, 0.15) is 58.3 Å². The van der Waals surface area contributed by atoms with Gasteiger partial charge in [0.15, 0.2) is 0 Å². The second-order valence-electron chi connectivity index (χ2n) is 5.74. The van der Waals surface area contributed by atoms with E-state index >= 15 is 0 Å². The third-order valence-corrected chi connectivity index (χ3v) is 4.08. The summed E-state index contributed by atoms with van der Waals surface area (Å²) < 4.78 is 0. The maximum absolute atomic E-state index is 12.1. The highest BCUT2D eigenvalue weighted by Crippen LogP contribution is 2.17. The monoisotopic (exact) mass is 253 g/mol. The predicted octanol–water partition coefficient (Wildman–Crippen LogP) is 1.81. The van der Waals surface area contributed by atoms with Crippen molar-refractivity contribution in [1.82, 2.24) is 15.8 Å². The number of nitrogens with one attached hydrogen (secondary N) is 2. The molecule has 4 nitrogen and oxygen atoms in total. The van der Waals surface area contributed by atoms with Gasteiger partial charge in [0.05, 0.1) is 6.04 Å². The molecule has 1 aliphatic carbocycles. The van der Waals surface area contributed by atoms with Crippen LogP contribution in [-0.4, -0.2) is 36.1 Å². The first-order chi connectivity index (χ1) is 8.75. The van der Waals surface area contributed by atoms with Gasteiger partial charge in [-0.25, -0.2) is 10.4 Å². The van der Waals surface area contributed by atoms with Crippen LogP contribution in [0, 0.1) is 0 Å². The van der Waals surface area contributed by atoms with Crippen LogP contribution in [0.5, 0.6) is 0 Å². The largest absolute Gasteiger partial charge is 0.352 e. The van der Waals surface area contributed by atoms with E-state index in [1.807, 2.05) is 6.92 Å². The Hall–Kier alpha value is -0.610. The maximum atomic E-state index is 12.1. The summed E-state index contributed by atoms with van der Waals surface area (Å²) in [7, 11) is 0. The molecule has 0 radical (unpaired) electrons. The highest BCUT2D eigenvalue weighted by molar-refractivity contribution is 5.81. The van der Waals surface area contributed by atoms with E-state index in [1.165, 1.54) is 38.5 Å². The molecule has 1 atom stereocenters. The molecule has 2 N–H and O–H groups in total. The molecule has 18 heavy (non-hydrogen) atoms. The van der Waals surface area contributed by atoms with Crippen molar-refractivity contribution < 1.29 is 4.79 Å². The van der Waals surface area contributed by atoms with Gasteiger partial charge in [-0.2, -0.15) is 0 Å². The number of hydrazine groups is 1. The third-order valence-electron chi connectivity index (χ3n) is 4.08. The van der Waals surface area contributed by atoms with Crippen LogP contribution in [-0.2, 0) is 4.79 Å². The lowest BCUT2D eigenvalue weighted by atomic mass is 9.95. The van der Waals surface area contributed by atoms with Gasteiger partial charge in [0, 0.05) is 19.1 Å². The third kappa shape index (κ3) is 4.25. The lowest BCUT2D eigenvalue weighted by Gasteiger charge is -2.31. The van der Waals surface area contributed by atoms with Crippen molar-refractivity contribution in [3.63, 3.8) is 0 Å². The number of rotatable bonds is 4. The number of nitrogens with zero attached hydrogens (tertiary/aromatic N) is 1. The van der Waals surface area contributed by atoms with E-state index < -0.39 is 0 Å². The quantitative estimate of drug-likeness (QED) is 0.803. The van der Waals surface area contributed by atoms with Crippen LogP contribution in [0.4, 0.5) is 0 Å². The summed E-state index contributed by atoms with van der Waals surface area (Å²) in [6.07, 6.45) is 9.96. The Bertz CT molecular complexity index is 258. The van der Waals surface area contributed by atoms with Gasteiger partial charge in [0.1, 0.15) is 0 Å². The van der Waals surface area contributed by atoms with Crippen molar-refractivity contribution in [1.29, 1.82) is 0 Å². The zero-order valence-corrected chi connectivity index (χ0v) is 11.6. The van der Waals surface area contributed by atoms with Crippen LogP contribution in [0.15, 0.2) is 0 Å². The van der Waals surface area contributed by atoms with Gasteiger partial charge < -0.3 is 5.32 Å². The molecular weight excluding hydrogens is 226 g/mol. The van der Waals surface area contributed by atoms with E-state index in [1.54, 1.807) is 0 Å². The number of carbonyl (C=O) groups excluding carboxylic acids is 1. The van der Waals surface area contributed by atoms with Crippen LogP contribution in [0.2, 0.25) is 0 Å². The Kier molecular flexibility index (Phi) is 5.45. The molecular formula is C14H27N3O. The number of piperidine rings is 1. The van der Waals surface area contributed by atoms with Crippen molar-refractivity contribution in [2.24, 2.45) is 0 Å². The summed E-state index contributed by atoms with van der Waals surface area (Å²) >= 11 is 0. The second-order valence-corrected chi connectivity index (χ2v) is 5.74. The van der Waals surface area contributed by atoms with Gasteiger partial charge >= 0.3 is 0 Å². The summed E-state index contributed by atoms with van der Waals surface area (Å²) in [4.78, 5) is 12.1. The molecule has 1 saturated carbocycles. The van der Waals surface area contributed by atoms with E-state index in [-0.39, 0.29) is 11.9 Å². The molecule has 0 aromatic rings. The van der Waals surface area contributed by atoms with E-state index in [9.17, 15) is 4.79 Å². The first-order valence-electron chi connectivity index (χ1n) is 7.57. The SMILES string of the molecule is CC(NN1CCCCC1)C(=O)NC1CCCCC1. The number of hydrogen-bond donors (Lipinski definition) is 2. The summed E-state index contributed by atoms with van der Waals surface area (Å²) in [6, 6.07) is 0.307. The molecule has 0 aromatic carbocycles. The summed E-state index contributed by atoms with van der Waals surface area (Å²) in [5, 5.41) is 5.38. The molecule has 2 fully saturated rings. The van der Waals surface area contributed by atoms with Crippen molar-refractivity contribution in [3.8, 4) is 0 Å². The van der Waals surface area contributed by atoms with Gasteiger partial charge in [-0.3, -0.25) is 4.79 Å². The lowest BCUT2D eigenvalue weighted by molar-refractivity contribution is -0.125. The average molecular weight is 253 g/mol. The molecule has 0 aromatic heterocycles. The molecule has 2 rings (SSSR count). The standard InChI is InChI=1S/C14H27N3O/c1-12(16-17-10-6-3-7-11-17)14(18)15-13-8-4-2-5-9-13/h12-13,16H,2-11H2,1H3,(H,15,18). The van der Waals surface area contributed by atoms with Gasteiger partial charge in [-0.1, -0.05) is 25.7 Å². The normalized spacial score (nSPS) is 24.7. The van der Waals surface area contributed by atoms with E-state index in [0.717, 1.165) is 25.9 Å². The van der Waals surface area contributed by atoms with Gasteiger partial charge in [-0.05, 0) is 32.6 Å². The zero-order chi connectivity index (χ0) is 12.8. The van der Waals surface area contributed by atoms with Crippen LogP contribution < -0.4 is 10.7 Å². The molecule has 1 aliphatic heterocycles. The average Bonchev–Trinajstić information content (AvgIpc) is 2.41. The first kappa shape index (κ1) is 13.8. The highest BCUT2D eigenvalue weighted by atomic mass is 16.2. The fourth-order valence-electron chi connectivity index (χ4n) is 2.93. The molecule has 1 saturated heterocycles. The number of hydrogen-bond acceptors (Lipinski definition) is 3. The molecule has 1 amide bonds. The molecule has 1 unspecified atom stereocenters. The highest BCUT2D eigenvalue weighted by Gasteiger charge is 2.21. The maximum Gasteiger partial charge on any atom is 0.238 e. The van der Waals surface area contributed by atoms with E-state index in [0.29, 0.717) is 6.04 Å². The van der Waals surface area contributed by atoms with Gasteiger partial charge in [0.2, 0.25) is 5.91 Å². The Morgan fingerprint density at radius 2 is 1.67 bits per heavy atom. The minimum Gasteiger partial charge on any atom is -0.352 e. The second kappa shape index (κ2) is 7.10. The molecule has 104 valence electrons. The molecule has 1 heterocycles. The zero-order valence-electron chi connectivity index (χ0n) is 11.6. The Morgan fingerprint density at radius 3 is 2.33 bits per heavy atom. The number of amides is 1. The van der Waals surface area contributed by atoms with Crippen molar-refractivity contribution in [2.75, 3.05) is 13.1 Å². The minimum absolute atomic E-state index is 0.106. The first-order valence-corrected chi connectivity index (χ1v) is 7.57.